The van der Waals surface area contributed by atoms with Crippen LogP contribution in [0.4, 0.5) is 0 Å². The van der Waals surface area contributed by atoms with Gasteiger partial charge in [-0.15, -0.1) is 0 Å². The Balaban J connectivity index is 2.31. The number of nitrogens with zero attached hydrogens (tertiary/aromatic N) is 2. The molecular formula is C14H16N2O2. The number of carbonyl (C=O) groups excluding carboxylic acids is 1. The fourth-order valence-electron chi connectivity index (χ4n) is 1.84. The molecular weight excluding hydrogens is 228 g/mol. The van der Waals surface area contributed by atoms with Crippen LogP contribution in [0.15, 0.2) is 30.6 Å². The highest BCUT2D eigenvalue weighted by atomic mass is 16.5. The van der Waals surface area contributed by atoms with E-state index in [0.717, 1.165) is 17.9 Å². The van der Waals surface area contributed by atoms with Crippen LogP contribution in [0, 0.1) is 6.92 Å². The molecule has 94 valence electrons. The summed E-state index contributed by atoms with van der Waals surface area (Å²) in [5.74, 6) is 0.774. The summed E-state index contributed by atoms with van der Waals surface area (Å²) in [6.07, 6.45) is 3.37. The van der Waals surface area contributed by atoms with Gasteiger partial charge >= 0.3 is 0 Å². The zero-order chi connectivity index (χ0) is 13.1. The number of ether oxygens (including phenoxy) is 1. The quantitative estimate of drug-likeness (QED) is 0.776. The summed E-state index contributed by atoms with van der Waals surface area (Å²) in [6, 6.07) is 5.43. The summed E-state index contributed by atoms with van der Waals surface area (Å²) in [7, 11) is 1.62. The van der Waals surface area contributed by atoms with Crippen LogP contribution in [0.2, 0.25) is 0 Å². The fourth-order valence-corrected chi connectivity index (χ4v) is 1.84. The molecule has 2 rings (SSSR count). The molecule has 1 aromatic heterocycles. The Bertz CT molecular complexity index is 573. The van der Waals surface area contributed by atoms with Crippen LogP contribution < -0.4 is 4.74 Å². The molecule has 0 saturated carbocycles. The number of carbonyl (C=O) groups is 1. The van der Waals surface area contributed by atoms with Gasteiger partial charge in [-0.3, -0.25) is 9.48 Å². The molecule has 0 fully saturated rings. The number of benzene rings is 1. The summed E-state index contributed by atoms with van der Waals surface area (Å²) in [5, 5.41) is 4.11. The van der Waals surface area contributed by atoms with Crippen LogP contribution >= 0.6 is 0 Å². The summed E-state index contributed by atoms with van der Waals surface area (Å²) in [5.41, 5.74) is 2.22. The molecule has 0 atom stereocenters. The molecule has 1 heterocycles. The third kappa shape index (κ3) is 2.27. The summed E-state index contributed by atoms with van der Waals surface area (Å²) in [6.45, 7) is 4.67. The van der Waals surface area contributed by atoms with E-state index in [1.165, 1.54) is 0 Å². The zero-order valence-electron chi connectivity index (χ0n) is 10.8. The van der Waals surface area contributed by atoms with E-state index < -0.39 is 0 Å². The van der Waals surface area contributed by atoms with E-state index >= 15 is 0 Å². The molecule has 0 aliphatic carbocycles. The monoisotopic (exact) mass is 244 g/mol. The van der Waals surface area contributed by atoms with Crippen LogP contribution in [0.25, 0.3) is 0 Å². The van der Waals surface area contributed by atoms with Gasteiger partial charge < -0.3 is 4.74 Å². The van der Waals surface area contributed by atoms with Gasteiger partial charge in [0.05, 0.1) is 18.9 Å². The van der Waals surface area contributed by atoms with Crippen molar-refractivity contribution < 1.29 is 9.53 Å². The first-order chi connectivity index (χ1) is 8.65. The number of hydrogen-bond acceptors (Lipinski definition) is 3. The van der Waals surface area contributed by atoms with Crippen molar-refractivity contribution in [1.29, 1.82) is 0 Å². The Labute approximate surface area is 106 Å². The molecule has 4 nitrogen and oxygen atoms in total. The predicted octanol–water partition coefficient (Wildman–Crippen LogP) is 2.45. The van der Waals surface area contributed by atoms with Crippen LogP contribution in [-0.2, 0) is 6.54 Å². The molecule has 0 spiro atoms. The van der Waals surface area contributed by atoms with Crippen LogP contribution in [0.5, 0.6) is 5.75 Å². The summed E-state index contributed by atoms with van der Waals surface area (Å²) in [4.78, 5) is 12.2. The second-order valence-corrected chi connectivity index (χ2v) is 4.10. The van der Waals surface area contributed by atoms with Gasteiger partial charge in [0.25, 0.3) is 0 Å². The lowest BCUT2D eigenvalue weighted by atomic mass is 10.0. The van der Waals surface area contributed by atoms with E-state index in [0.29, 0.717) is 11.1 Å². The van der Waals surface area contributed by atoms with Crippen LogP contribution in [0.1, 0.15) is 28.4 Å². The van der Waals surface area contributed by atoms with Gasteiger partial charge in [0.15, 0.2) is 5.78 Å². The van der Waals surface area contributed by atoms with Crippen molar-refractivity contribution in [2.24, 2.45) is 0 Å². The molecule has 0 aliphatic heterocycles. The third-order valence-corrected chi connectivity index (χ3v) is 2.88. The number of hydrogen-bond donors (Lipinski definition) is 0. The molecule has 0 unspecified atom stereocenters. The largest absolute Gasteiger partial charge is 0.496 e. The Morgan fingerprint density at radius 1 is 1.39 bits per heavy atom. The summed E-state index contributed by atoms with van der Waals surface area (Å²) >= 11 is 0. The first kappa shape index (κ1) is 12.4. The van der Waals surface area contributed by atoms with Crippen molar-refractivity contribution in [2.75, 3.05) is 7.11 Å². The van der Waals surface area contributed by atoms with E-state index in [9.17, 15) is 4.79 Å². The predicted molar refractivity (Wildman–Crippen MR) is 69.1 cm³/mol. The fraction of sp³-hybridized carbons (Fsp3) is 0.286. The van der Waals surface area contributed by atoms with Crippen molar-refractivity contribution >= 4 is 5.78 Å². The normalized spacial score (nSPS) is 10.4. The first-order valence-corrected chi connectivity index (χ1v) is 5.87. The SMILES string of the molecule is CCn1cc(C(=O)c2ccc(OC)c(C)c2)cn1. The van der Waals surface area contributed by atoms with E-state index in [1.54, 1.807) is 30.3 Å². The minimum Gasteiger partial charge on any atom is -0.496 e. The maximum absolute atomic E-state index is 12.2. The Morgan fingerprint density at radius 3 is 2.72 bits per heavy atom. The van der Waals surface area contributed by atoms with Gasteiger partial charge in [-0.05, 0) is 37.6 Å². The molecule has 0 N–H and O–H groups in total. The minimum atomic E-state index is -0.0135. The topological polar surface area (TPSA) is 44.1 Å². The second kappa shape index (κ2) is 5.04. The van der Waals surface area contributed by atoms with Gasteiger partial charge in [0.1, 0.15) is 5.75 Å². The molecule has 0 saturated heterocycles. The van der Waals surface area contributed by atoms with Gasteiger partial charge in [-0.25, -0.2) is 0 Å². The third-order valence-electron chi connectivity index (χ3n) is 2.88. The van der Waals surface area contributed by atoms with E-state index in [1.807, 2.05) is 26.0 Å². The van der Waals surface area contributed by atoms with Gasteiger partial charge in [-0.1, -0.05) is 0 Å². The van der Waals surface area contributed by atoms with Gasteiger partial charge in [-0.2, -0.15) is 5.10 Å². The standard InChI is InChI=1S/C14H16N2O2/c1-4-16-9-12(8-15-16)14(17)11-5-6-13(18-3)10(2)7-11/h5-9H,4H2,1-3H3. The molecule has 0 aliphatic rings. The maximum atomic E-state index is 12.2. The molecule has 0 radical (unpaired) electrons. The number of aromatic nitrogens is 2. The first-order valence-electron chi connectivity index (χ1n) is 5.87. The lowest BCUT2D eigenvalue weighted by molar-refractivity contribution is 0.103. The zero-order valence-corrected chi connectivity index (χ0v) is 10.8. The number of methoxy groups -OCH3 is 1. The van der Waals surface area contributed by atoms with Gasteiger partial charge in [0, 0.05) is 18.3 Å². The van der Waals surface area contributed by atoms with Crippen LogP contribution in [-0.4, -0.2) is 22.7 Å². The van der Waals surface area contributed by atoms with Crippen LogP contribution in [0.3, 0.4) is 0 Å². The smallest absolute Gasteiger partial charge is 0.196 e. The molecule has 18 heavy (non-hydrogen) atoms. The molecule has 4 heteroatoms. The Morgan fingerprint density at radius 2 is 2.17 bits per heavy atom. The Kier molecular flexibility index (Phi) is 3.46. The molecule has 0 amide bonds. The minimum absolute atomic E-state index is 0.0135. The molecule has 0 bridgehead atoms. The van der Waals surface area contributed by atoms with Gasteiger partial charge in [0.2, 0.25) is 0 Å². The summed E-state index contributed by atoms with van der Waals surface area (Å²) < 4.78 is 6.92. The van der Waals surface area contributed by atoms with Crippen molar-refractivity contribution in [3.8, 4) is 5.75 Å². The highest BCUT2D eigenvalue weighted by Gasteiger charge is 2.12. The van der Waals surface area contributed by atoms with Crippen molar-refractivity contribution in [2.45, 2.75) is 20.4 Å². The lowest BCUT2D eigenvalue weighted by Gasteiger charge is -2.05. The van der Waals surface area contributed by atoms with Crippen molar-refractivity contribution in [3.05, 3.63) is 47.3 Å². The average molecular weight is 244 g/mol. The molecule has 1 aromatic carbocycles. The van der Waals surface area contributed by atoms with Crippen molar-refractivity contribution in [3.63, 3.8) is 0 Å². The van der Waals surface area contributed by atoms with E-state index in [-0.39, 0.29) is 5.78 Å². The van der Waals surface area contributed by atoms with E-state index in [2.05, 4.69) is 5.10 Å². The maximum Gasteiger partial charge on any atom is 0.196 e. The second-order valence-electron chi connectivity index (χ2n) is 4.10. The Hall–Kier alpha value is -2.10. The number of ketones is 1. The lowest BCUT2D eigenvalue weighted by Crippen LogP contribution is -2.01. The molecule has 2 aromatic rings. The average Bonchev–Trinajstić information content (AvgIpc) is 2.86. The highest BCUT2D eigenvalue weighted by molar-refractivity contribution is 6.08. The number of rotatable bonds is 4. The van der Waals surface area contributed by atoms with E-state index in [4.69, 9.17) is 4.74 Å². The highest BCUT2D eigenvalue weighted by Crippen LogP contribution is 2.20. The number of aryl methyl sites for hydroxylation is 2. The van der Waals surface area contributed by atoms with Crippen molar-refractivity contribution in [1.82, 2.24) is 9.78 Å².